The van der Waals surface area contributed by atoms with Crippen LogP contribution in [-0.2, 0) is 5.66 Å². The van der Waals surface area contributed by atoms with Crippen molar-refractivity contribution in [3.63, 3.8) is 0 Å². The predicted molar refractivity (Wildman–Crippen MR) is 97.2 cm³/mol. The molecule has 1 aliphatic heterocycles. The van der Waals surface area contributed by atoms with Crippen molar-refractivity contribution in [1.29, 1.82) is 0 Å². The lowest BCUT2D eigenvalue weighted by Crippen LogP contribution is -2.45. The number of hydrogen-bond acceptors (Lipinski definition) is 4. The third-order valence-electron chi connectivity index (χ3n) is 5.23. The summed E-state index contributed by atoms with van der Waals surface area (Å²) in [5, 5.41) is 8.48. The molecule has 1 fully saturated rings. The smallest absolute Gasteiger partial charge is 0.300 e. The molecule has 2 aromatic carbocycles. The molecule has 124 valence electrons. The third-order valence-corrected chi connectivity index (χ3v) is 5.23. The second-order valence-electron chi connectivity index (χ2n) is 6.78. The minimum Gasteiger partial charge on any atom is -0.361 e. The summed E-state index contributed by atoms with van der Waals surface area (Å²) < 4.78 is 1.96. The number of fused-ring (bicyclic) bond motifs is 4. The van der Waals surface area contributed by atoms with Crippen molar-refractivity contribution in [2.45, 2.75) is 31.3 Å². The molecule has 0 atom stereocenters. The molecule has 1 saturated carbocycles. The number of hydrogen-bond donors (Lipinski definition) is 1. The number of para-hydroxylation sites is 1. The third kappa shape index (κ3) is 2.12. The number of anilines is 1. The van der Waals surface area contributed by atoms with Gasteiger partial charge in [0.25, 0.3) is 5.56 Å². The van der Waals surface area contributed by atoms with Crippen molar-refractivity contribution in [2.24, 2.45) is 0 Å². The summed E-state index contributed by atoms with van der Waals surface area (Å²) >= 11 is 0. The maximum absolute atomic E-state index is 12.7. The molecule has 1 aromatic heterocycles. The van der Waals surface area contributed by atoms with Crippen molar-refractivity contribution in [2.75, 3.05) is 5.32 Å². The molecule has 2 aliphatic rings. The van der Waals surface area contributed by atoms with Gasteiger partial charge in [0, 0.05) is 16.8 Å². The van der Waals surface area contributed by atoms with Crippen LogP contribution in [0.4, 0.5) is 5.69 Å². The normalized spacial score (nSPS) is 17.0. The van der Waals surface area contributed by atoms with Gasteiger partial charge in [-0.3, -0.25) is 4.79 Å². The van der Waals surface area contributed by atoms with E-state index in [-0.39, 0.29) is 11.2 Å². The number of nitrogens with one attached hydrogen (secondary N) is 1. The zero-order valence-electron chi connectivity index (χ0n) is 13.8. The highest BCUT2D eigenvalue weighted by Gasteiger charge is 2.42. The van der Waals surface area contributed by atoms with Gasteiger partial charge in [0.05, 0.1) is 0 Å². The van der Waals surface area contributed by atoms with Crippen LogP contribution in [0.1, 0.15) is 25.7 Å². The van der Waals surface area contributed by atoms with Crippen LogP contribution in [0, 0.1) is 0 Å². The molecule has 0 unspecified atom stereocenters. The minimum absolute atomic E-state index is 0.276. The first-order valence-electron chi connectivity index (χ1n) is 8.72. The molecule has 0 saturated heterocycles. The molecule has 0 bridgehead atoms. The zero-order chi connectivity index (χ0) is 16.9. The van der Waals surface area contributed by atoms with Crippen LogP contribution < -0.4 is 10.9 Å². The monoisotopic (exact) mass is 330 g/mol. The number of nitrogens with zero attached hydrogens (tertiary/aromatic N) is 3. The van der Waals surface area contributed by atoms with Crippen molar-refractivity contribution in [1.82, 2.24) is 14.8 Å². The molecular formula is C20H18N4O. The lowest BCUT2D eigenvalue weighted by Gasteiger charge is -2.39. The van der Waals surface area contributed by atoms with E-state index < -0.39 is 0 Å². The summed E-state index contributed by atoms with van der Waals surface area (Å²) in [6, 6.07) is 17.6. The van der Waals surface area contributed by atoms with Crippen LogP contribution in [-0.4, -0.2) is 14.8 Å². The van der Waals surface area contributed by atoms with Gasteiger partial charge >= 0.3 is 0 Å². The fourth-order valence-electron chi connectivity index (χ4n) is 4.02. The van der Waals surface area contributed by atoms with Crippen LogP contribution in [0.5, 0.6) is 0 Å². The highest BCUT2D eigenvalue weighted by molar-refractivity contribution is 5.76. The summed E-state index contributed by atoms with van der Waals surface area (Å²) in [4.78, 5) is 17.2. The molecule has 0 amide bonds. The van der Waals surface area contributed by atoms with Crippen LogP contribution in [0.2, 0.25) is 0 Å². The van der Waals surface area contributed by atoms with Gasteiger partial charge in [-0.1, -0.05) is 42.5 Å². The first-order chi connectivity index (χ1) is 12.3. The fourth-order valence-corrected chi connectivity index (χ4v) is 4.02. The summed E-state index contributed by atoms with van der Waals surface area (Å²) in [6.07, 6.45) is 4.26. The van der Waals surface area contributed by atoms with Gasteiger partial charge in [-0.2, -0.15) is 10.1 Å². The van der Waals surface area contributed by atoms with Gasteiger partial charge in [0.2, 0.25) is 0 Å². The molecule has 0 radical (unpaired) electrons. The van der Waals surface area contributed by atoms with Crippen molar-refractivity contribution >= 4 is 5.69 Å². The molecular weight excluding hydrogens is 312 g/mol. The van der Waals surface area contributed by atoms with E-state index in [1.165, 1.54) is 0 Å². The molecule has 5 heteroatoms. The SMILES string of the molecule is O=c1nc2n(nc1-c1ccccc1)C1(CCCC1)Nc1ccccc1-2. The molecule has 25 heavy (non-hydrogen) atoms. The topological polar surface area (TPSA) is 59.8 Å². The van der Waals surface area contributed by atoms with E-state index >= 15 is 0 Å². The average molecular weight is 330 g/mol. The van der Waals surface area contributed by atoms with E-state index in [2.05, 4.69) is 16.4 Å². The van der Waals surface area contributed by atoms with Crippen molar-refractivity contribution < 1.29 is 0 Å². The van der Waals surface area contributed by atoms with E-state index in [9.17, 15) is 4.79 Å². The van der Waals surface area contributed by atoms with E-state index in [4.69, 9.17) is 5.10 Å². The average Bonchev–Trinajstić information content (AvgIpc) is 3.11. The number of benzene rings is 2. The van der Waals surface area contributed by atoms with Gasteiger partial charge in [0.15, 0.2) is 11.5 Å². The highest BCUT2D eigenvalue weighted by Crippen LogP contribution is 2.44. The molecule has 5 nitrogen and oxygen atoms in total. The zero-order valence-corrected chi connectivity index (χ0v) is 13.8. The molecule has 1 spiro atoms. The second kappa shape index (κ2) is 5.28. The van der Waals surface area contributed by atoms with Gasteiger partial charge in [-0.15, -0.1) is 0 Å². The molecule has 5 rings (SSSR count). The number of aromatic nitrogens is 3. The maximum Gasteiger partial charge on any atom is 0.300 e. The second-order valence-corrected chi connectivity index (χ2v) is 6.78. The van der Waals surface area contributed by atoms with Gasteiger partial charge in [-0.05, 0) is 37.8 Å². The Morgan fingerprint density at radius 1 is 0.960 bits per heavy atom. The van der Waals surface area contributed by atoms with Gasteiger partial charge < -0.3 is 5.32 Å². The quantitative estimate of drug-likeness (QED) is 0.740. The Bertz CT molecular complexity index is 1000. The Morgan fingerprint density at radius 3 is 2.48 bits per heavy atom. The van der Waals surface area contributed by atoms with E-state index in [1.54, 1.807) is 0 Å². The van der Waals surface area contributed by atoms with Gasteiger partial charge in [0.1, 0.15) is 5.66 Å². The minimum atomic E-state index is -0.284. The molecule has 2 heterocycles. The lowest BCUT2D eigenvalue weighted by molar-refractivity contribution is 0.300. The summed E-state index contributed by atoms with van der Waals surface area (Å²) in [5.41, 5.74) is 2.63. The van der Waals surface area contributed by atoms with Crippen LogP contribution >= 0.6 is 0 Å². The Hall–Kier alpha value is -2.95. The fraction of sp³-hybridized carbons (Fsp3) is 0.250. The largest absolute Gasteiger partial charge is 0.361 e. The summed E-state index contributed by atoms with van der Waals surface area (Å²) in [7, 11) is 0. The van der Waals surface area contributed by atoms with Crippen LogP contribution in [0.25, 0.3) is 22.6 Å². The van der Waals surface area contributed by atoms with Gasteiger partial charge in [-0.25, -0.2) is 4.68 Å². The van der Waals surface area contributed by atoms with Crippen LogP contribution in [0.15, 0.2) is 59.4 Å². The Kier molecular flexibility index (Phi) is 3.04. The molecule has 1 aliphatic carbocycles. The summed E-state index contributed by atoms with van der Waals surface area (Å²) in [6.45, 7) is 0. The van der Waals surface area contributed by atoms with Crippen LogP contribution in [0.3, 0.4) is 0 Å². The van der Waals surface area contributed by atoms with E-state index in [0.717, 1.165) is 42.5 Å². The number of rotatable bonds is 1. The van der Waals surface area contributed by atoms with E-state index in [1.807, 2.05) is 53.2 Å². The first kappa shape index (κ1) is 14.4. The van der Waals surface area contributed by atoms with E-state index in [0.29, 0.717) is 11.5 Å². The standard InChI is InChI=1S/C20H18N4O/c25-19-17(14-8-2-1-3-9-14)23-24-18(21-19)15-10-4-5-11-16(15)22-20(24)12-6-7-13-20/h1-5,8-11,22H,6-7,12-13H2. The Labute approximate surface area is 145 Å². The molecule has 1 N–H and O–H groups in total. The highest BCUT2D eigenvalue weighted by atomic mass is 16.1. The lowest BCUT2D eigenvalue weighted by atomic mass is 10.0. The Morgan fingerprint density at radius 2 is 1.68 bits per heavy atom. The Balaban J connectivity index is 1.80. The summed E-state index contributed by atoms with van der Waals surface area (Å²) in [5.74, 6) is 0.668. The van der Waals surface area contributed by atoms with Crippen molar-refractivity contribution in [3.05, 3.63) is 65.0 Å². The maximum atomic E-state index is 12.7. The first-order valence-corrected chi connectivity index (χ1v) is 8.72. The molecule has 3 aromatic rings. The van der Waals surface area contributed by atoms with Crippen molar-refractivity contribution in [3.8, 4) is 22.6 Å². The predicted octanol–water partition coefficient (Wildman–Crippen LogP) is 3.62.